The van der Waals surface area contributed by atoms with Crippen LogP contribution in [-0.2, 0) is 9.59 Å². The highest BCUT2D eigenvalue weighted by Crippen LogP contribution is 2.17. The van der Waals surface area contributed by atoms with Gasteiger partial charge in [-0.1, -0.05) is 0 Å². The number of thioether (sulfide) groups is 1. The lowest BCUT2D eigenvalue weighted by Gasteiger charge is -2.36. The molecule has 0 bridgehead atoms. The van der Waals surface area contributed by atoms with Crippen molar-refractivity contribution >= 4 is 29.3 Å². The summed E-state index contributed by atoms with van der Waals surface area (Å²) >= 11 is 1.46. The largest absolute Gasteiger partial charge is 0.368 e. The van der Waals surface area contributed by atoms with Crippen molar-refractivity contribution in [3.05, 3.63) is 30.1 Å². The van der Waals surface area contributed by atoms with Gasteiger partial charge in [-0.05, 0) is 30.5 Å². The maximum atomic E-state index is 12.9. The standard InChI is InChI=1S/C16H22FN3O2S/c1-23-12-15(21)18-7-6-16(22)20-10-8-19(9-11-20)14-4-2-13(17)3-5-14/h2-5H,6-12H2,1H3,(H,18,21). The van der Waals surface area contributed by atoms with Gasteiger partial charge in [0, 0.05) is 44.8 Å². The van der Waals surface area contributed by atoms with Crippen LogP contribution in [0.15, 0.2) is 24.3 Å². The molecule has 0 saturated carbocycles. The predicted molar refractivity (Wildman–Crippen MR) is 91.2 cm³/mol. The summed E-state index contributed by atoms with van der Waals surface area (Å²) in [5, 5.41) is 2.74. The number of rotatable bonds is 6. The van der Waals surface area contributed by atoms with E-state index in [0.717, 1.165) is 18.8 Å². The van der Waals surface area contributed by atoms with E-state index < -0.39 is 0 Å². The Balaban J connectivity index is 1.72. The number of benzene rings is 1. The second kappa shape index (κ2) is 8.76. The third-order valence-electron chi connectivity index (χ3n) is 3.76. The van der Waals surface area contributed by atoms with Gasteiger partial charge in [0.25, 0.3) is 0 Å². The minimum Gasteiger partial charge on any atom is -0.368 e. The van der Waals surface area contributed by atoms with E-state index in [2.05, 4.69) is 10.2 Å². The van der Waals surface area contributed by atoms with E-state index in [1.165, 1.54) is 23.9 Å². The van der Waals surface area contributed by atoms with Crippen LogP contribution >= 0.6 is 11.8 Å². The molecule has 1 aliphatic heterocycles. The van der Waals surface area contributed by atoms with Crippen molar-refractivity contribution < 1.29 is 14.0 Å². The highest BCUT2D eigenvalue weighted by molar-refractivity contribution is 7.99. The van der Waals surface area contributed by atoms with Gasteiger partial charge in [0.15, 0.2) is 0 Å². The van der Waals surface area contributed by atoms with E-state index in [4.69, 9.17) is 0 Å². The average Bonchev–Trinajstić information content (AvgIpc) is 2.56. The van der Waals surface area contributed by atoms with Gasteiger partial charge >= 0.3 is 0 Å². The minimum atomic E-state index is -0.244. The predicted octanol–water partition coefficient (Wildman–Crippen LogP) is 1.34. The summed E-state index contributed by atoms with van der Waals surface area (Å²) in [5.41, 5.74) is 0.975. The number of nitrogens with one attached hydrogen (secondary N) is 1. The van der Waals surface area contributed by atoms with Crippen LogP contribution < -0.4 is 10.2 Å². The van der Waals surface area contributed by atoms with E-state index in [1.807, 2.05) is 11.2 Å². The van der Waals surface area contributed by atoms with E-state index in [-0.39, 0.29) is 17.6 Å². The molecule has 0 atom stereocenters. The van der Waals surface area contributed by atoms with E-state index >= 15 is 0 Å². The van der Waals surface area contributed by atoms with Crippen molar-refractivity contribution in [1.29, 1.82) is 0 Å². The molecule has 0 spiro atoms. The molecule has 2 amide bonds. The Labute approximate surface area is 140 Å². The molecule has 0 unspecified atom stereocenters. The molecular weight excluding hydrogens is 317 g/mol. The van der Waals surface area contributed by atoms with Crippen LogP contribution in [0.3, 0.4) is 0 Å². The van der Waals surface area contributed by atoms with Gasteiger partial charge in [-0.2, -0.15) is 11.8 Å². The summed E-state index contributed by atoms with van der Waals surface area (Å²) in [6.07, 6.45) is 2.20. The molecule has 1 aromatic rings. The highest BCUT2D eigenvalue weighted by atomic mass is 32.2. The highest BCUT2D eigenvalue weighted by Gasteiger charge is 2.21. The molecule has 7 heteroatoms. The van der Waals surface area contributed by atoms with Crippen molar-refractivity contribution in [1.82, 2.24) is 10.2 Å². The zero-order valence-corrected chi connectivity index (χ0v) is 14.1. The van der Waals surface area contributed by atoms with Crippen molar-refractivity contribution in [2.24, 2.45) is 0 Å². The van der Waals surface area contributed by atoms with Crippen LogP contribution in [0.1, 0.15) is 6.42 Å². The third kappa shape index (κ3) is 5.42. The van der Waals surface area contributed by atoms with Gasteiger partial charge < -0.3 is 15.1 Å². The second-order valence-corrected chi connectivity index (χ2v) is 6.24. The summed E-state index contributed by atoms with van der Waals surface area (Å²) in [6, 6.07) is 6.41. The Kier molecular flexibility index (Phi) is 6.70. The number of carbonyl (C=O) groups excluding carboxylic acids is 2. The molecule has 1 fully saturated rings. The van der Waals surface area contributed by atoms with Crippen LogP contribution in [0.4, 0.5) is 10.1 Å². The average molecular weight is 339 g/mol. The quantitative estimate of drug-likeness (QED) is 0.850. The fourth-order valence-electron chi connectivity index (χ4n) is 2.52. The summed E-state index contributed by atoms with van der Waals surface area (Å²) < 4.78 is 12.9. The normalized spacial score (nSPS) is 14.7. The first kappa shape index (κ1) is 17.6. The van der Waals surface area contributed by atoms with Gasteiger partial charge in [0.2, 0.25) is 11.8 Å². The molecule has 1 saturated heterocycles. The monoisotopic (exact) mass is 339 g/mol. The molecule has 1 heterocycles. The number of carbonyl (C=O) groups is 2. The van der Waals surface area contributed by atoms with Gasteiger partial charge in [-0.3, -0.25) is 9.59 Å². The maximum absolute atomic E-state index is 12.9. The second-order valence-electron chi connectivity index (χ2n) is 5.38. The van der Waals surface area contributed by atoms with Crippen LogP contribution in [-0.4, -0.2) is 61.4 Å². The summed E-state index contributed by atoms with van der Waals surface area (Å²) in [5.74, 6) is 0.204. The Morgan fingerprint density at radius 2 is 1.83 bits per heavy atom. The molecule has 1 aromatic carbocycles. The fourth-order valence-corrected chi connectivity index (χ4v) is 2.88. The van der Waals surface area contributed by atoms with Crippen LogP contribution in [0, 0.1) is 5.82 Å². The van der Waals surface area contributed by atoms with Crippen LogP contribution in [0.2, 0.25) is 0 Å². The van der Waals surface area contributed by atoms with Crippen molar-refractivity contribution in [3.8, 4) is 0 Å². The fraction of sp³-hybridized carbons (Fsp3) is 0.500. The molecule has 0 aromatic heterocycles. The number of halogens is 1. The van der Waals surface area contributed by atoms with Gasteiger partial charge in [0.1, 0.15) is 5.82 Å². The number of hydrogen-bond donors (Lipinski definition) is 1. The summed E-state index contributed by atoms with van der Waals surface area (Å²) in [7, 11) is 0. The first-order chi connectivity index (χ1) is 11.1. The SMILES string of the molecule is CSCC(=O)NCCC(=O)N1CCN(c2ccc(F)cc2)CC1. The lowest BCUT2D eigenvalue weighted by atomic mass is 10.2. The third-order valence-corrected chi connectivity index (χ3v) is 4.31. The zero-order chi connectivity index (χ0) is 16.7. The first-order valence-electron chi connectivity index (χ1n) is 7.64. The Bertz CT molecular complexity index is 531. The van der Waals surface area contributed by atoms with E-state index in [9.17, 15) is 14.0 Å². The van der Waals surface area contributed by atoms with E-state index in [0.29, 0.717) is 31.8 Å². The van der Waals surface area contributed by atoms with E-state index in [1.54, 1.807) is 12.1 Å². The lowest BCUT2D eigenvalue weighted by Crippen LogP contribution is -2.49. The maximum Gasteiger partial charge on any atom is 0.229 e. The number of hydrogen-bond acceptors (Lipinski definition) is 4. The Morgan fingerprint density at radius 1 is 1.17 bits per heavy atom. The van der Waals surface area contributed by atoms with Crippen molar-refractivity contribution in [3.63, 3.8) is 0 Å². The summed E-state index contributed by atoms with van der Waals surface area (Å²) in [4.78, 5) is 27.4. The van der Waals surface area contributed by atoms with Crippen LogP contribution in [0.25, 0.3) is 0 Å². The van der Waals surface area contributed by atoms with Gasteiger partial charge in [0.05, 0.1) is 5.75 Å². The number of anilines is 1. The van der Waals surface area contributed by atoms with Gasteiger partial charge in [-0.15, -0.1) is 0 Å². The molecule has 23 heavy (non-hydrogen) atoms. The topological polar surface area (TPSA) is 52.7 Å². The smallest absolute Gasteiger partial charge is 0.229 e. The molecular formula is C16H22FN3O2S. The molecule has 0 radical (unpaired) electrons. The molecule has 5 nitrogen and oxygen atoms in total. The molecule has 126 valence electrons. The molecule has 1 N–H and O–H groups in total. The Hall–Kier alpha value is -1.76. The Morgan fingerprint density at radius 3 is 2.43 bits per heavy atom. The summed E-state index contributed by atoms with van der Waals surface area (Å²) in [6.45, 7) is 3.15. The molecule has 1 aliphatic rings. The van der Waals surface area contributed by atoms with Crippen LogP contribution in [0.5, 0.6) is 0 Å². The minimum absolute atomic E-state index is 0.0357. The lowest BCUT2D eigenvalue weighted by molar-refractivity contribution is -0.131. The molecule has 2 rings (SSSR count). The number of amides is 2. The number of piperazine rings is 1. The first-order valence-corrected chi connectivity index (χ1v) is 9.03. The molecule has 0 aliphatic carbocycles. The zero-order valence-electron chi connectivity index (χ0n) is 13.3. The van der Waals surface area contributed by atoms with Crippen molar-refractivity contribution in [2.75, 3.05) is 49.6 Å². The number of nitrogens with zero attached hydrogens (tertiary/aromatic N) is 2. The van der Waals surface area contributed by atoms with Gasteiger partial charge in [-0.25, -0.2) is 4.39 Å². The van der Waals surface area contributed by atoms with Crippen molar-refractivity contribution in [2.45, 2.75) is 6.42 Å².